The van der Waals surface area contributed by atoms with Gasteiger partial charge in [0.1, 0.15) is 12.7 Å². The molecule has 0 fully saturated rings. The van der Waals surface area contributed by atoms with Crippen LogP contribution < -0.4 is 0 Å². The van der Waals surface area contributed by atoms with Crippen LogP contribution in [-0.4, -0.2) is 24.6 Å². The number of unbranched alkanes of at least 4 members (excludes halogenated alkanes) is 9. The van der Waals surface area contributed by atoms with E-state index in [9.17, 15) is 9.59 Å². The summed E-state index contributed by atoms with van der Waals surface area (Å²) in [6.07, 6.45) is 20.7. The van der Waals surface area contributed by atoms with Gasteiger partial charge in [-0.05, 0) is 32.1 Å². The minimum Gasteiger partial charge on any atom is -0.461 e. The molecule has 0 spiro atoms. The third kappa shape index (κ3) is 19.5. The highest BCUT2D eigenvalue weighted by Gasteiger charge is 2.12. The van der Waals surface area contributed by atoms with Gasteiger partial charge in [0.15, 0.2) is 0 Å². The van der Waals surface area contributed by atoms with Crippen molar-refractivity contribution in [1.29, 1.82) is 0 Å². The molecule has 0 bridgehead atoms. The van der Waals surface area contributed by atoms with Crippen LogP contribution >= 0.6 is 0 Å². The van der Waals surface area contributed by atoms with Crippen LogP contribution in [0, 0.1) is 0 Å². The third-order valence-electron chi connectivity index (χ3n) is 4.88. The molecule has 168 valence electrons. The van der Waals surface area contributed by atoms with E-state index in [1.807, 2.05) is 6.08 Å². The maximum atomic E-state index is 11.9. The maximum Gasteiger partial charge on any atom is 0.306 e. The first-order chi connectivity index (χ1) is 14.1. The Balaban J connectivity index is 3.61. The number of esters is 2. The molecule has 0 amide bonds. The van der Waals surface area contributed by atoms with Crippen molar-refractivity contribution in [2.45, 2.75) is 116 Å². The number of carbonyl (C=O) groups excluding carboxylic acids is 2. The molecule has 1 unspecified atom stereocenters. The zero-order chi connectivity index (χ0) is 21.6. The highest BCUT2D eigenvalue weighted by molar-refractivity contribution is 5.72. The first kappa shape index (κ1) is 27.4. The number of rotatable bonds is 20. The van der Waals surface area contributed by atoms with Crippen LogP contribution in [0.5, 0.6) is 0 Å². The van der Waals surface area contributed by atoms with Crippen LogP contribution in [0.1, 0.15) is 110 Å². The average molecular weight is 409 g/mol. The zero-order valence-electron chi connectivity index (χ0n) is 19.0. The summed E-state index contributed by atoms with van der Waals surface area (Å²) in [4.78, 5) is 23.6. The third-order valence-corrected chi connectivity index (χ3v) is 4.88. The van der Waals surface area contributed by atoms with Crippen molar-refractivity contribution in [3.8, 4) is 0 Å². The standard InChI is InChI=1S/C25H44O4/c1-4-7-9-10-11-12-13-14-15-17-22-28-24(26)20-18-21-25(27)29-23(6-3)19-16-8-5-2/h6,15,17,23H,3-5,7-14,16,18-22H2,1-2H3/b17-15+. The van der Waals surface area contributed by atoms with Gasteiger partial charge in [0.2, 0.25) is 0 Å². The summed E-state index contributed by atoms with van der Waals surface area (Å²) >= 11 is 0. The SMILES string of the molecule is C=CC(CCCCC)OC(=O)CCCC(=O)OC/C=C/CCCCCCCCC. The van der Waals surface area contributed by atoms with Crippen LogP contribution in [-0.2, 0) is 19.1 Å². The van der Waals surface area contributed by atoms with Gasteiger partial charge in [-0.15, -0.1) is 0 Å². The summed E-state index contributed by atoms with van der Waals surface area (Å²) in [5, 5.41) is 0. The Labute approximate surface area is 179 Å². The van der Waals surface area contributed by atoms with Gasteiger partial charge in [-0.3, -0.25) is 9.59 Å². The Kier molecular flexibility index (Phi) is 20.0. The van der Waals surface area contributed by atoms with Crippen LogP contribution in [0.4, 0.5) is 0 Å². The molecule has 0 aliphatic heterocycles. The molecule has 0 N–H and O–H groups in total. The molecule has 4 nitrogen and oxygen atoms in total. The number of ether oxygens (including phenoxy) is 2. The first-order valence-corrected chi connectivity index (χ1v) is 11.8. The first-order valence-electron chi connectivity index (χ1n) is 11.8. The predicted octanol–water partition coefficient (Wildman–Crippen LogP) is 7.07. The molecular formula is C25H44O4. The fourth-order valence-corrected chi connectivity index (χ4v) is 3.04. The molecular weight excluding hydrogens is 364 g/mol. The number of hydrogen-bond donors (Lipinski definition) is 0. The van der Waals surface area contributed by atoms with Gasteiger partial charge in [0.25, 0.3) is 0 Å². The number of allylic oxidation sites excluding steroid dienone is 1. The van der Waals surface area contributed by atoms with Crippen molar-refractivity contribution in [3.05, 3.63) is 24.8 Å². The Morgan fingerprint density at radius 3 is 2.10 bits per heavy atom. The lowest BCUT2D eigenvalue weighted by Crippen LogP contribution is -2.16. The normalized spacial score (nSPS) is 12.1. The van der Waals surface area contributed by atoms with Crippen molar-refractivity contribution in [2.75, 3.05) is 6.61 Å². The summed E-state index contributed by atoms with van der Waals surface area (Å²) in [7, 11) is 0. The molecule has 0 rings (SSSR count). The quantitative estimate of drug-likeness (QED) is 0.123. The van der Waals surface area contributed by atoms with E-state index in [0.29, 0.717) is 13.0 Å². The minimum atomic E-state index is -0.270. The van der Waals surface area contributed by atoms with Crippen LogP contribution in [0.15, 0.2) is 24.8 Å². The molecule has 0 aliphatic rings. The zero-order valence-corrected chi connectivity index (χ0v) is 19.0. The molecule has 0 aromatic carbocycles. The highest BCUT2D eigenvalue weighted by Crippen LogP contribution is 2.10. The molecule has 0 saturated carbocycles. The molecule has 0 aromatic rings. The smallest absolute Gasteiger partial charge is 0.306 e. The van der Waals surface area contributed by atoms with Crippen molar-refractivity contribution in [2.24, 2.45) is 0 Å². The topological polar surface area (TPSA) is 52.6 Å². The molecule has 0 heterocycles. The lowest BCUT2D eigenvalue weighted by Gasteiger charge is -2.13. The number of hydrogen-bond acceptors (Lipinski definition) is 4. The second-order valence-corrected chi connectivity index (χ2v) is 7.68. The van der Waals surface area contributed by atoms with E-state index < -0.39 is 0 Å². The molecule has 0 radical (unpaired) electrons. The molecule has 0 aromatic heterocycles. The van der Waals surface area contributed by atoms with Gasteiger partial charge < -0.3 is 9.47 Å². The summed E-state index contributed by atoms with van der Waals surface area (Å²) in [6.45, 7) is 8.41. The Morgan fingerprint density at radius 2 is 1.41 bits per heavy atom. The van der Waals surface area contributed by atoms with Crippen LogP contribution in [0.3, 0.4) is 0 Å². The average Bonchev–Trinajstić information content (AvgIpc) is 2.71. The van der Waals surface area contributed by atoms with Gasteiger partial charge in [0, 0.05) is 12.8 Å². The second-order valence-electron chi connectivity index (χ2n) is 7.68. The number of carbonyl (C=O) groups is 2. The van der Waals surface area contributed by atoms with E-state index in [0.717, 1.165) is 32.1 Å². The van der Waals surface area contributed by atoms with Crippen molar-refractivity contribution < 1.29 is 19.1 Å². The molecule has 0 saturated heterocycles. The maximum absolute atomic E-state index is 11.9. The molecule has 1 atom stereocenters. The van der Waals surface area contributed by atoms with Gasteiger partial charge >= 0.3 is 11.9 Å². The van der Waals surface area contributed by atoms with E-state index >= 15 is 0 Å². The lowest BCUT2D eigenvalue weighted by molar-refractivity contribution is -0.147. The van der Waals surface area contributed by atoms with Crippen molar-refractivity contribution in [3.63, 3.8) is 0 Å². The van der Waals surface area contributed by atoms with E-state index in [1.165, 1.54) is 44.9 Å². The fourth-order valence-electron chi connectivity index (χ4n) is 3.04. The summed E-state index contributed by atoms with van der Waals surface area (Å²) < 4.78 is 10.5. The van der Waals surface area contributed by atoms with E-state index in [1.54, 1.807) is 6.08 Å². The molecule has 29 heavy (non-hydrogen) atoms. The summed E-state index contributed by atoms with van der Waals surface area (Å²) in [5.41, 5.74) is 0. The van der Waals surface area contributed by atoms with Gasteiger partial charge in [0.05, 0.1) is 0 Å². The predicted molar refractivity (Wildman–Crippen MR) is 121 cm³/mol. The summed E-state index contributed by atoms with van der Waals surface area (Å²) in [5.74, 6) is -0.532. The monoisotopic (exact) mass is 408 g/mol. The largest absolute Gasteiger partial charge is 0.461 e. The molecule has 0 aliphatic carbocycles. The Bertz CT molecular complexity index is 442. The van der Waals surface area contributed by atoms with Crippen LogP contribution in [0.25, 0.3) is 0 Å². The lowest BCUT2D eigenvalue weighted by atomic mass is 10.1. The van der Waals surface area contributed by atoms with Crippen LogP contribution in [0.2, 0.25) is 0 Å². The van der Waals surface area contributed by atoms with Gasteiger partial charge in [-0.1, -0.05) is 90.0 Å². The fraction of sp³-hybridized carbons (Fsp3) is 0.760. The molecule has 4 heteroatoms. The van der Waals surface area contributed by atoms with E-state index in [4.69, 9.17) is 9.47 Å². The Morgan fingerprint density at radius 1 is 0.793 bits per heavy atom. The Hall–Kier alpha value is -1.58. The minimum absolute atomic E-state index is 0.220. The van der Waals surface area contributed by atoms with Gasteiger partial charge in [-0.25, -0.2) is 0 Å². The van der Waals surface area contributed by atoms with Crippen molar-refractivity contribution in [1.82, 2.24) is 0 Å². The highest BCUT2D eigenvalue weighted by atomic mass is 16.5. The summed E-state index contributed by atoms with van der Waals surface area (Å²) in [6, 6.07) is 0. The van der Waals surface area contributed by atoms with E-state index in [2.05, 4.69) is 26.5 Å². The van der Waals surface area contributed by atoms with Gasteiger partial charge in [-0.2, -0.15) is 0 Å². The van der Waals surface area contributed by atoms with E-state index in [-0.39, 0.29) is 30.9 Å². The van der Waals surface area contributed by atoms with Crippen molar-refractivity contribution >= 4 is 11.9 Å². The second kappa shape index (κ2) is 21.1.